The first-order valence-electron chi connectivity index (χ1n) is 7.44. The molecule has 0 atom stereocenters. The lowest BCUT2D eigenvalue weighted by atomic mass is 10.2. The van der Waals surface area contributed by atoms with Crippen molar-refractivity contribution in [2.45, 2.75) is 23.6 Å². The lowest BCUT2D eigenvalue weighted by Crippen LogP contribution is -2.30. The Morgan fingerprint density at radius 2 is 1.65 bits per heavy atom. The normalized spacial score (nSPS) is 14.3. The van der Waals surface area contributed by atoms with Gasteiger partial charge >= 0.3 is 0 Å². The zero-order valence-corrected chi connectivity index (χ0v) is 13.8. The van der Waals surface area contributed by atoms with Gasteiger partial charge in [0.05, 0.1) is 0 Å². The molecule has 6 heteroatoms. The highest BCUT2D eigenvalue weighted by molar-refractivity contribution is 7.91. The zero-order chi connectivity index (χ0) is 16.6. The van der Waals surface area contributed by atoms with Crippen LogP contribution in [0.1, 0.15) is 24.2 Å². The number of hydrogen-bond donors (Lipinski definition) is 0. The van der Waals surface area contributed by atoms with E-state index >= 15 is 0 Å². The quantitative estimate of drug-likeness (QED) is 0.740. The molecule has 0 saturated heterocycles. The largest absolute Gasteiger partial charge is 0.455 e. The van der Waals surface area contributed by atoms with E-state index in [1.807, 2.05) is 13.8 Å². The highest BCUT2D eigenvalue weighted by Gasteiger charge is 2.31. The number of fused-ring (bicyclic) bond motifs is 2. The molecule has 2 aromatic carbocycles. The molecule has 0 N–H and O–H groups in total. The molecule has 0 radical (unpaired) electrons. The Hall–Kier alpha value is -2.34. The van der Waals surface area contributed by atoms with Crippen LogP contribution in [0.3, 0.4) is 0 Å². The zero-order valence-electron chi connectivity index (χ0n) is 12.9. The number of para-hydroxylation sites is 1. The van der Waals surface area contributed by atoms with Crippen LogP contribution in [0.15, 0.2) is 52.3 Å². The molecular weight excluding hydrogens is 314 g/mol. The van der Waals surface area contributed by atoms with Gasteiger partial charge in [-0.2, -0.15) is 0 Å². The fourth-order valence-electron chi connectivity index (χ4n) is 2.63. The number of nitrogens with zero attached hydrogens (tertiary/aromatic N) is 1. The molecule has 2 aromatic rings. The fraction of sp³-hybridized carbons (Fsp3) is 0.235. The Bertz CT molecular complexity index is 870. The minimum Gasteiger partial charge on any atom is -0.455 e. The standard InChI is InChI=1S/C17H17NO4S/c1-3-18(4-2)17(19)12-9-10-16-14(11-12)22-13-7-5-6-8-15(13)23(16,20)21/h5-11H,3-4H2,1-2H3. The Kier molecular flexibility index (Phi) is 3.85. The Labute approximate surface area is 135 Å². The predicted molar refractivity (Wildman–Crippen MR) is 85.7 cm³/mol. The average Bonchev–Trinajstić information content (AvgIpc) is 2.55. The molecule has 0 unspecified atom stereocenters. The first kappa shape index (κ1) is 15.6. The van der Waals surface area contributed by atoms with E-state index in [1.165, 1.54) is 24.3 Å². The second-order valence-electron chi connectivity index (χ2n) is 5.19. The van der Waals surface area contributed by atoms with Gasteiger partial charge < -0.3 is 9.64 Å². The number of ether oxygens (including phenoxy) is 1. The first-order chi connectivity index (χ1) is 11.0. The summed E-state index contributed by atoms with van der Waals surface area (Å²) >= 11 is 0. The Balaban J connectivity index is 2.08. The molecule has 1 aliphatic rings. The van der Waals surface area contributed by atoms with Gasteiger partial charge in [0.1, 0.15) is 21.3 Å². The summed E-state index contributed by atoms with van der Waals surface area (Å²) in [6.07, 6.45) is 0. The van der Waals surface area contributed by atoms with E-state index < -0.39 is 9.84 Å². The van der Waals surface area contributed by atoms with Crippen LogP contribution in [-0.2, 0) is 9.84 Å². The minimum atomic E-state index is -3.63. The lowest BCUT2D eigenvalue weighted by molar-refractivity contribution is 0.0772. The SMILES string of the molecule is CCN(CC)C(=O)c1ccc2c(c1)Oc1ccccc1S2(=O)=O. The van der Waals surface area contributed by atoms with Gasteiger partial charge in [-0.3, -0.25) is 4.79 Å². The molecule has 0 spiro atoms. The lowest BCUT2D eigenvalue weighted by Gasteiger charge is -2.22. The van der Waals surface area contributed by atoms with Crippen molar-refractivity contribution in [2.75, 3.05) is 13.1 Å². The third-order valence-corrected chi connectivity index (χ3v) is 5.72. The smallest absolute Gasteiger partial charge is 0.253 e. The number of benzene rings is 2. The summed E-state index contributed by atoms with van der Waals surface area (Å²) in [5.74, 6) is 0.340. The van der Waals surface area contributed by atoms with Gasteiger partial charge in [0.25, 0.3) is 5.91 Å². The van der Waals surface area contributed by atoms with Crippen LogP contribution in [0, 0.1) is 0 Å². The van der Waals surface area contributed by atoms with E-state index in [0.717, 1.165) is 0 Å². The van der Waals surface area contributed by atoms with Crippen molar-refractivity contribution in [3.8, 4) is 11.5 Å². The number of carbonyl (C=O) groups is 1. The summed E-state index contributed by atoms with van der Waals surface area (Å²) in [5.41, 5.74) is 0.419. The second kappa shape index (κ2) is 5.70. The van der Waals surface area contributed by atoms with Crippen LogP contribution >= 0.6 is 0 Å². The summed E-state index contributed by atoms with van der Waals surface area (Å²) in [4.78, 5) is 14.3. The topological polar surface area (TPSA) is 63.7 Å². The van der Waals surface area contributed by atoms with E-state index in [9.17, 15) is 13.2 Å². The number of hydrogen-bond acceptors (Lipinski definition) is 4. The highest BCUT2D eigenvalue weighted by Crippen LogP contribution is 2.42. The van der Waals surface area contributed by atoms with Crippen LogP contribution in [0.5, 0.6) is 11.5 Å². The van der Waals surface area contributed by atoms with Gasteiger partial charge in [-0.15, -0.1) is 0 Å². The number of sulfone groups is 1. The van der Waals surface area contributed by atoms with Gasteiger partial charge in [0.2, 0.25) is 9.84 Å². The van der Waals surface area contributed by atoms with E-state index in [4.69, 9.17) is 4.74 Å². The summed E-state index contributed by atoms with van der Waals surface area (Å²) in [6, 6.07) is 11.0. The van der Waals surface area contributed by atoms with Crippen LogP contribution in [-0.4, -0.2) is 32.3 Å². The average molecular weight is 331 g/mol. The monoisotopic (exact) mass is 331 g/mol. The third kappa shape index (κ3) is 2.49. The molecule has 5 nitrogen and oxygen atoms in total. The van der Waals surface area contributed by atoms with Gasteiger partial charge in [0, 0.05) is 18.7 Å². The van der Waals surface area contributed by atoms with E-state index in [-0.39, 0.29) is 27.2 Å². The maximum absolute atomic E-state index is 12.6. The molecule has 0 aromatic heterocycles. The van der Waals surface area contributed by atoms with E-state index in [2.05, 4.69) is 0 Å². The molecule has 0 saturated carbocycles. The minimum absolute atomic E-state index is 0.0901. The molecule has 3 rings (SSSR count). The van der Waals surface area contributed by atoms with Crippen molar-refractivity contribution in [1.82, 2.24) is 4.90 Å². The van der Waals surface area contributed by atoms with Crippen molar-refractivity contribution in [1.29, 1.82) is 0 Å². The maximum Gasteiger partial charge on any atom is 0.253 e. The molecule has 1 amide bonds. The van der Waals surface area contributed by atoms with Crippen molar-refractivity contribution in [3.05, 3.63) is 48.0 Å². The van der Waals surface area contributed by atoms with Crippen LogP contribution in [0.25, 0.3) is 0 Å². The van der Waals surface area contributed by atoms with Crippen molar-refractivity contribution in [3.63, 3.8) is 0 Å². The molecule has 0 aliphatic carbocycles. The van der Waals surface area contributed by atoms with Gasteiger partial charge in [-0.1, -0.05) is 12.1 Å². The second-order valence-corrected chi connectivity index (χ2v) is 7.08. The first-order valence-corrected chi connectivity index (χ1v) is 8.92. The van der Waals surface area contributed by atoms with Crippen LogP contribution in [0.2, 0.25) is 0 Å². The van der Waals surface area contributed by atoms with Gasteiger partial charge in [-0.25, -0.2) is 8.42 Å². The molecular formula is C17H17NO4S. The molecule has 1 aliphatic heterocycles. The summed E-state index contributed by atoms with van der Waals surface area (Å²) in [7, 11) is -3.63. The molecule has 0 bridgehead atoms. The predicted octanol–water partition coefficient (Wildman–Crippen LogP) is 3.11. The van der Waals surface area contributed by atoms with E-state index in [1.54, 1.807) is 23.1 Å². The summed E-state index contributed by atoms with van der Waals surface area (Å²) in [5, 5.41) is 0. The molecule has 23 heavy (non-hydrogen) atoms. The van der Waals surface area contributed by atoms with Gasteiger partial charge in [0.15, 0.2) is 0 Å². The van der Waals surface area contributed by atoms with E-state index in [0.29, 0.717) is 18.7 Å². The fourth-order valence-corrected chi connectivity index (χ4v) is 4.11. The van der Waals surface area contributed by atoms with Crippen molar-refractivity contribution >= 4 is 15.7 Å². The van der Waals surface area contributed by atoms with Crippen molar-refractivity contribution < 1.29 is 17.9 Å². The van der Waals surface area contributed by atoms with Crippen molar-refractivity contribution in [2.24, 2.45) is 0 Å². The summed E-state index contributed by atoms with van der Waals surface area (Å²) in [6.45, 7) is 4.98. The third-order valence-electron chi connectivity index (χ3n) is 3.89. The Morgan fingerprint density at radius 3 is 2.35 bits per heavy atom. The molecule has 1 heterocycles. The highest BCUT2D eigenvalue weighted by atomic mass is 32.2. The Morgan fingerprint density at radius 1 is 1.00 bits per heavy atom. The molecule has 120 valence electrons. The van der Waals surface area contributed by atoms with Crippen LogP contribution < -0.4 is 4.74 Å². The number of carbonyl (C=O) groups excluding carboxylic acids is 1. The van der Waals surface area contributed by atoms with Gasteiger partial charge in [-0.05, 0) is 44.2 Å². The number of amides is 1. The maximum atomic E-state index is 12.6. The number of rotatable bonds is 3. The molecule has 0 fully saturated rings. The van der Waals surface area contributed by atoms with Crippen LogP contribution in [0.4, 0.5) is 0 Å². The summed E-state index contributed by atoms with van der Waals surface area (Å²) < 4.78 is 31.0.